The zero-order valence-corrected chi connectivity index (χ0v) is 23.3. The quantitative estimate of drug-likeness (QED) is 0.246. The number of halogens is 1. The molecular weight excluding hydrogens is 508 g/mol. The third-order valence-electron chi connectivity index (χ3n) is 7.61. The van der Waals surface area contributed by atoms with Gasteiger partial charge in [0.1, 0.15) is 5.82 Å². The van der Waals surface area contributed by atoms with Crippen LogP contribution >= 0.6 is 11.6 Å². The predicted octanol–water partition coefficient (Wildman–Crippen LogP) is 6.06. The summed E-state index contributed by atoms with van der Waals surface area (Å²) >= 11 is 6.60. The van der Waals surface area contributed by atoms with Crippen molar-refractivity contribution in [3.8, 4) is 11.1 Å². The highest BCUT2D eigenvalue weighted by Gasteiger charge is 2.29. The average molecular weight is 545 g/mol. The molecule has 39 heavy (non-hydrogen) atoms. The first kappa shape index (κ1) is 27.4. The van der Waals surface area contributed by atoms with Gasteiger partial charge in [-0.15, -0.1) is 0 Å². The summed E-state index contributed by atoms with van der Waals surface area (Å²) in [5.74, 6) is 1.29. The van der Waals surface area contributed by atoms with Crippen molar-refractivity contribution in [3.05, 3.63) is 89.2 Å². The molecule has 0 aliphatic carbocycles. The highest BCUT2D eigenvalue weighted by atomic mass is 35.5. The molecular formula is C32H37ClN4O2. The number of hydrogen-bond acceptors (Lipinski definition) is 4. The number of carbonyl (C=O) groups is 1. The summed E-state index contributed by atoms with van der Waals surface area (Å²) < 4.78 is 7.53. The number of aryl methyl sites for hydroxylation is 1. The number of fused-ring (bicyclic) bond motifs is 1. The van der Waals surface area contributed by atoms with Gasteiger partial charge in [0.2, 0.25) is 5.91 Å². The summed E-state index contributed by atoms with van der Waals surface area (Å²) in [4.78, 5) is 20.3. The molecule has 4 aromatic rings. The smallest absolute Gasteiger partial charge is 0.224 e. The number of nitrogens with zero attached hydrogens (tertiary/aromatic N) is 3. The highest BCUT2D eigenvalue weighted by molar-refractivity contribution is 6.35. The first-order valence-electron chi connectivity index (χ1n) is 13.8. The van der Waals surface area contributed by atoms with E-state index >= 15 is 0 Å². The van der Waals surface area contributed by atoms with Gasteiger partial charge >= 0.3 is 0 Å². The number of amides is 1. The number of nitrogens with two attached hydrogens (primary N) is 1. The van der Waals surface area contributed by atoms with E-state index in [0.717, 1.165) is 54.8 Å². The lowest BCUT2D eigenvalue weighted by molar-refractivity contribution is -0.132. The molecule has 0 bridgehead atoms. The van der Waals surface area contributed by atoms with Crippen LogP contribution in [-0.2, 0) is 22.5 Å². The van der Waals surface area contributed by atoms with Gasteiger partial charge in [0.05, 0.1) is 16.1 Å². The molecule has 7 heteroatoms. The van der Waals surface area contributed by atoms with E-state index in [2.05, 4.69) is 41.0 Å². The van der Waals surface area contributed by atoms with Crippen molar-refractivity contribution >= 4 is 28.5 Å². The second kappa shape index (κ2) is 12.8. The maximum Gasteiger partial charge on any atom is 0.224 e. The van der Waals surface area contributed by atoms with E-state index in [1.54, 1.807) is 7.11 Å². The third kappa shape index (κ3) is 6.52. The monoisotopic (exact) mass is 544 g/mol. The van der Waals surface area contributed by atoms with Crippen molar-refractivity contribution in [2.24, 2.45) is 5.73 Å². The van der Waals surface area contributed by atoms with Crippen LogP contribution in [0.25, 0.3) is 22.2 Å². The second-order valence-electron chi connectivity index (χ2n) is 10.5. The van der Waals surface area contributed by atoms with Crippen LogP contribution in [0.1, 0.15) is 43.0 Å². The first-order valence-corrected chi connectivity index (χ1v) is 14.2. The number of carbonyl (C=O) groups excluding carboxylic acids is 1. The Bertz CT molecular complexity index is 1390. The number of hydrogen-bond donors (Lipinski definition) is 1. The normalized spacial score (nSPS) is 16.5. The van der Waals surface area contributed by atoms with E-state index in [-0.39, 0.29) is 17.9 Å². The van der Waals surface area contributed by atoms with Crippen molar-refractivity contribution < 1.29 is 9.53 Å². The van der Waals surface area contributed by atoms with E-state index < -0.39 is 0 Å². The Morgan fingerprint density at radius 3 is 2.62 bits per heavy atom. The molecule has 2 N–H and O–H groups in total. The van der Waals surface area contributed by atoms with Crippen molar-refractivity contribution in [3.63, 3.8) is 0 Å². The summed E-state index contributed by atoms with van der Waals surface area (Å²) in [6, 6.07) is 24.4. The molecule has 6 nitrogen and oxygen atoms in total. The molecule has 0 unspecified atom stereocenters. The second-order valence-corrected chi connectivity index (χ2v) is 10.9. The number of para-hydroxylation sites is 1. The van der Waals surface area contributed by atoms with E-state index in [1.807, 2.05) is 41.3 Å². The molecule has 1 amide bonds. The largest absolute Gasteiger partial charge is 0.385 e. The predicted molar refractivity (Wildman–Crippen MR) is 158 cm³/mol. The zero-order chi connectivity index (χ0) is 27.2. The van der Waals surface area contributed by atoms with Crippen molar-refractivity contribution in [1.29, 1.82) is 0 Å². The standard InChI is InChI=1S/C32H37ClN4O2/c1-39-19-7-18-37-31-28(33)11-5-12-29(31)35-32(37)26-10-6-17-36(22-26)30(38)21-27(34)20-23-13-15-25(16-14-23)24-8-3-2-4-9-24/h2-5,8-9,11-16,26-27H,6-7,10,17-22,34H2,1H3/t26-,27-/m1/s1. The number of piperidine rings is 1. The van der Waals surface area contributed by atoms with Crippen LogP contribution in [0.2, 0.25) is 5.02 Å². The fourth-order valence-corrected chi connectivity index (χ4v) is 5.94. The van der Waals surface area contributed by atoms with E-state index in [9.17, 15) is 4.79 Å². The van der Waals surface area contributed by atoms with Gasteiger partial charge < -0.3 is 19.9 Å². The highest BCUT2D eigenvalue weighted by Crippen LogP contribution is 2.32. The van der Waals surface area contributed by atoms with E-state index in [1.165, 1.54) is 11.1 Å². The van der Waals surface area contributed by atoms with Gasteiger partial charge in [0.25, 0.3) is 0 Å². The van der Waals surface area contributed by atoms with Crippen LogP contribution in [0, 0.1) is 0 Å². The number of methoxy groups -OCH3 is 1. The Hall–Kier alpha value is -3.19. The SMILES string of the molecule is COCCCn1c([C@@H]2CCCN(C(=O)C[C@H](N)Cc3ccc(-c4ccccc4)cc3)C2)nc2cccc(Cl)c21. The van der Waals surface area contributed by atoms with Gasteiger partial charge in [-0.3, -0.25) is 4.79 Å². The number of benzene rings is 3. The molecule has 0 radical (unpaired) electrons. The summed E-state index contributed by atoms with van der Waals surface area (Å²) in [6.45, 7) is 2.87. The fourth-order valence-electron chi connectivity index (χ4n) is 5.67. The third-order valence-corrected chi connectivity index (χ3v) is 7.92. The van der Waals surface area contributed by atoms with Gasteiger partial charge in [-0.05, 0) is 54.5 Å². The van der Waals surface area contributed by atoms with Crippen molar-refractivity contribution in [1.82, 2.24) is 14.5 Å². The Kier molecular flexibility index (Phi) is 8.97. The minimum Gasteiger partial charge on any atom is -0.385 e. The minimum absolute atomic E-state index is 0.119. The van der Waals surface area contributed by atoms with Crippen LogP contribution in [-0.4, -0.2) is 53.2 Å². The molecule has 1 aliphatic heterocycles. The molecule has 2 heterocycles. The summed E-state index contributed by atoms with van der Waals surface area (Å²) in [5, 5.41) is 0.704. The molecule has 1 aliphatic rings. The maximum atomic E-state index is 13.3. The first-order chi connectivity index (χ1) is 19.0. The lowest BCUT2D eigenvalue weighted by atomic mass is 9.95. The molecule has 1 fully saturated rings. The fraction of sp³-hybridized carbons (Fsp3) is 0.375. The van der Waals surface area contributed by atoms with Crippen LogP contribution in [0.5, 0.6) is 0 Å². The van der Waals surface area contributed by atoms with Crippen molar-refractivity contribution in [2.75, 3.05) is 26.8 Å². The summed E-state index contributed by atoms with van der Waals surface area (Å²) in [5.41, 5.74) is 11.9. The molecule has 2 atom stereocenters. The molecule has 1 aromatic heterocycles. The number of aromatic nitrogens is 2. The lowest BCUT2D eigenvalue weighted by Crippen LogP contribution is -2.42. The van der Waals surface area contributed by atoms with Crippen LogP contribution in [0.4, 0.5) is 0 Å². The van der Waals surface area contributed by atoms with Gasteiger partial charge in [0, 0.05) is 51.7 Å². The summed E-state index contributed by atoms with van der Waals surface area (Å²) in [6.07, 6.45) is 3.82. The Labute approximate surface area is 235 Å². The summed E-state index contributed by atoms with van der Waals surface area (Å²) in [7, 11) is 1.72. The molecule has 204 valence electrons. The lowest BCUT2D eigenvalue weighted by Gasteiger charge is -2.33. The Balaban J connectivity index is 1.23. The van der Waals surface area contributed by atoms with E-state index in [4.69, 9.17) is 27.1 Å². The zero-order valence-electron chi connectivity index (χ0n) is 22.6. The Morgan fingerprint density at radius 2 is 1.85 bits per heavy atom. The molecule has 5 rings (SSSR count). The topological polar surface area (TPSA) is 73.4 Å². The van der Waals surface area contributed by atoms with Crippen LogP contribution in [0.15, 0.2) is 72.8 Å². The van der Waals surface area contributed by atoms with Crippen molar-refractivity contribution in [2.45, 2.75) is 50.6 Å². The van der Waals surface area contributed by atoms with Gasteiger partial charge in [-0.2, -0.15) is 0 Å². The molecule has 1 saturated heterocycles. The molecule has 0 saturated carbocycles. The maximum absolute atomic E-state index is 13.3. The number of imidazole rings is 1. The van der Waals surface area contributed by atoms with Gasteiger partial charge in [-0.25, -0.2) is 4.98 Å². The van der Waals surface area contributed by atoms with Gasteiger partial charge in [-0.1, -0.05) is 72.3 Å². The van der Waals surface area contributed by atoms with Gasteiger partial charge in [0.15, 0.2) is 0 Å². The molecule has 0 spiro atoms. The Morgan fingerprint density at radius 1 is 1.08 bits per heavy atom. The average Bonchev–Trinajstić information content (AvgIpc) is 3.34. The van der Waals surface area contributed by atoms with Crippen LogP contribution in [0.3, 0.4) is 0 Å². The van der Waals surface area contributed by atoms with Crippen LogP contribution < -0.4 is 5.73 Å². The minimum atomic E-state index is -0.224. The number of likely N-dealkylation sites (tertiary alicyclic amines) is 1. The van der Waals surface area contributed by atoms with E-state index in [0.29, 0.717) is 31.0 Å². The number of ether oxygens (including phenoxy) is 1. The molecule has 3 aromatic carbocycles. The number of rotatable bonds is 10.